The van der Waals surface area contributed by atoms with Crippen LogP contribution in [0.25, 0.3) is 16.9 Å². The molecular formula is C18H21N3. The fraction of sp³-hybridized carbons (Fsp3) is 0.278. The van der Waals surface area contributed by atoms with E-state index >= 15 is 0 Å². The molecule has 0 bridgehead atoms. The average Bonchev–Trinajstić information content (AvgIpc) is 2.82. The van der Waals surface area contributed by atoms with E-state index in [0.29, 0.717) is 6.54 Å². The van der Waals surface area contributed by atoms with Crippen LogP contribution in [0.15, 0.2) is 36.5 Å². The fourth-order valence-electron chi connectivity index (χ4n) is 2.84. The van der Waals surface area contributed by atoms with Crippen molar-refractivity contribution in [2.75, 3.05) is 6.54 Å². The van der Waals surface area contributed by atoms with Crippen molar-refractivity contribution in [2.45, 2.75) is 27.2 Å². The lowest BCUT2D eigenvalue weighted by molar-refractivity contribution is 0.905. The molecule has 0 unspecified atom stereocenters. The van der Waals surface area contributed by atoms with Crippen molar-refractivity contribution in [2.24, 2.45) is 5.73 Å². The number of imidazole rings is 1. The van der Waals surface area contributed by atoms with Crippen LogP contribution in [0.1, 0.15) is 22.4 Å². The van der Waals surface area contributed by atoms with E-state index in [4.69, 9.17) is 10.7 Å². The molecule has 2 aromatic heterocycles. The molecule has 108 valence electrons. The third-order valence-corrected chi connectivity index (χ3v) is 3.97. The molecule has 0 amide bonds. The standard InChI is InChI=1S/C18H21N3/c1-12-6-7-13(2)15(11-12)17-16(8-9-19)21-10-4-5-14(3)18(21)20-17/h4-7,10-11H,8-9,19H2,1-3H3. The highest BCUT2D eigenvalue weighted by Crippen LogP contribution is 2.29. The first-order valence-corrected chi connectivity index (χ1v) is 7.36. The predicted octanol–water partition coefficient (Wildman–Crippen LogP) is 3.43. The van der Waals surface area contributed by atoms with Crippen molar-refractivity contribution >= 4 is 5.65 Å². The zero-order valence-corrected chi connectivity index (χ0v) is 12.9. The number of hydrogen-bond donors (Lipinski definition) is 1. The van der Waals surface area contributed by atoms with Crippen molar-refractivity contribution < 1.29 is 0 Å². The van der Waals surface area contributed by atoms with Gasteiger partial charge < -0.3 is 10.1 Å². The van der Waals surface area contributed by atoms with Gasteiger partial charge in [0.15, 0.2) is 0 Å². The van der Waals surface area contributed by atoms with Gasteiger partial charge in [-0.25, -0.2) is 4.98 Å². The zero-order chi connectivity index (χ0) is 15.0. The Labute approximate surface area is 125 Å². The van der Waals surface area contributed by atoms with Crippen LogP contribution in [0.4, 0.5) is 0 Å². The molecule has 3 rings (SSSR count). The highest BCUT2D eigenvalue weighted by Gasteiger charge is 2.16. The summed E-state index contributed by atoms with van der Waals surface area (Å²) in [6.45, 7) is 6.98. The Bertz CT molecular complexity index is 800. The Morgan fingerprint density at radius 2 is 1.90 bits per heavy atom. The lowest BCUT2D eigenvalue weighted by Crippen LogP contribution is -2.06. The zero-order valence-electron chi connectivity index (χ0n) is 12.9. The van der Waals surface area contributed by atoms with Gasteiger partial charge in [0, 0.05) is 18.2 Å². The van der Waals surface area contributed by atoms with E-state index in [1.54, 1.807) is 0 Å². The summed E-state index contributed by atoms with van der Waals surface area (Å²) in [4.78, 5) is 4.91. The maximum Gasteiger partial charge on any atom is 0.140 e. The smallest absolute Gasteiger partial charge is 0.140 e. The molecule has 2 N–H and O–H groups in total. The number of pyridine rings is 1. The molecule has 2 heterocycles. The third-order valence-electron chi connectivity index (χ3n) is 3.97. The second-order valence-corrected chi connectivity index (χ2v) is 5.65. The number of fused-ring (bicyclic) bond motifs is 1. The van der Waals surface area contributed by atoms with Crippen molar-refractivity contribution in [3.05, 3.63) is 58.9 Å². The minimum Gasteiger partial charge on any atom is -0.330 e. The summed E-state index contributed by atoms with van der Waals surface area (Å²) >= 11 is 0. The average molecular weight is 279 g/mol. The van der Waals surface area contributed by atoms with E-state index in [1.807, 2.05) is 0 Å². The topological polar surface area (TPSA) is 43.3 Å². The van der Waals surface area contributed by atoms with Gasteiger partial charge in [-0.05, 0) is 50.6 Å². The fourth-order valence-corrected chi connectivity index (χ4v) is 2.84. The summed E-state index contributed by atoms with van der Waals surface area (Å²) in [5.41, 5.74) is 14.0. The molecule has 0 saturated carbocycles. The van der Waals surface area contributed by atoms with Gasteiger partial charge in [-0.2, -0.15) is 0 Å². The minimum atomic E-state index is 0.625. The molecule has 3 heteroatoms. The van der Waals surface area contributed by atoms with Crippen LogP contribution in [-0.4, -0.2) is 15.9 Å². The summed E-state index contributed by atoms with van der Waals surface area (Å²) in [7, 11) is 0. The van der Waals surface area contributed by atoms with Crippen molar-refractivity contribution in [3.8, 4) is 11.3 Å². The summed E-state index contributed by atoms with van der Waals surface area (Å²) in [5.74, 6) is 0. The summed E-state index contributed by atoms with van der Waals surface area (Å²) in [6.07, 6.45) is 2.91. The largest absolute Gasteiger partial charge is 0.330 e. The number of rotatable bonds is 3. The third kappa shape index (κ3) is 2.34. The number of nitrogens with two attached hydrogens (primary N) is 1. The number of aromatic nitrogens is 2. The first kappa shape index (κ1) is 13.8. The molecule has 0 spiro atoms. The second-order valence-electron chi connectivity index (χ2n) is 5.65. The number of aryl methyl sites for hydroxylation is 3. The van der Waals surface area contributed by atoms with E-state index in [1.165, 1.54) is 27.9 Å². The van der Waals surface area contributed by atoms with E-state index in [-0.39, 0.29) is 0 Å². The highest BCUT2D eigenvalue weighted by atomic mass is 15.0. The van der Waals surface area contributed by atoms with E-state index < -0.39 is 0 Å². The van der Waals surface area contributed by atoms with Crippen molar-refractivity contribution in [3.63, 3.8) is 0 Å². The quantitative estimate of drug-likeness (QED) is 0.798. The second kappa shape index (κ2) is 5.34. The van der Waals surface area contributed by atoms with E-state index in [2.05, 4.69) is 61.7 Å². The Hall–Kier alpha value is -2.13. The summed E-state index contributed by atoms with van der Waals surface area (Å²) < 4.78 is 2.18. The van der Waals surface area contributed by atoms with Gasteiger partial charge in [-0.15, -0.1) is 0 Å². The number of nitrogens with zero attached hydrogens (tertiary/aromatic N) is 2. The van der Waals surface area contributed by atoms with Crippen LogP contribution in [0.2, 0.25) is 0 Å². The number of hydrogen-bond acceptors (Lipinski definition) is 2. The molecule has 3 nitrogen and oxygen atoms in total. The first-order valence-electron chi connectivity index (χ1n) is 7.36. The SMILES string of the molecule is Cc1ccc(C)c(-c2nc3c(C)cccn3c2CCN)c1. The van der Waals surface area contributed by atoms with Crippen LogP contribution in [0.3, 0.4) is 0 Å². The lowest BCUT2D eigenvalue weighted by Gasteiger charge is -2.08. The molecule has 0 saturated heterocycles. The van der Waals surface area contributed by atoms with Gasteiger partial charge >= 0.3 is 0 Å². The Kier molecular flexibility index (Phi) is 3.52. The molecule has 0 atom stereocenters. The van der Waals surface area contributed by atoms with Gasteiger partial charge in [0.05, 0.1) is 11.4 Å². The van der Waals surface area contributed by atoms with Crippen molar-refractivity contribution in [1.29, 1.82) is 0 Å². The van der Waals surface area contributed by atoms with Crippen LogP contribution in [-0.2, 0) is 6.42 Å². The van der Waals surface area contributed by atoms with Crippen LogP contribution in [0.5, 0.6) is 0 Å². The predicted molar refractivity (Wildman–Crippen MR) is 87.6 cm³/mol. The Balaban J connectivity index is 2.33. The Morgan fingerprint density at radius 3 is 2.67 bits per heavy atom. The van der Waals surface area contributed by atoms with Gasteiger partial charge in [-0.1, -0.05) is 23.8 Å². The first-order chi connectivity index (χ1) is 10.1. The minimum absolute atomic E-state index is 0.625. The monoisotopic (exact) mass is 279 g/mol. The molecule has 0 aliphatic carbocycles. The van der Waals surface area contributed by atoms with Gasteiger partial charge in [0.1, 0.15) is 5.65 Å². The van der Waals surface area contributed by atoms with Crippen LogP contribution < -0.4 is 5.73 Å². The molecule has 1 aromatic carbocycles. The van der Waals surface area contributed by atoms with Crippen LogP contribution in [0, 0.1) is 20.8 Å². The van der Waals surface area contributed by atoms with E-state index in [0.717, 1.165) is 17.8 Å². The molecule has 3 aromatic rings. The molecule has 0 aliphatic rings. The maximum absolute atomic E-state index is 5.82. The summed E-state index contributed by atoms with van der Waals surface area (Å²) in [6, 6.07) is 10.7. The maximum atomic E-state index is 5.82. The summed E-state index contributed by atoms with van der Waals surface area (Å²) in [5, 5.41) is 0. The van der Waals surface area contributed by atoms with E-state index in [9.17, 15) is 0 Å². The Morgan fingerprint density at radius 1 is 1.10 bits per heavy atom. The van der Waals surface area contributed by atoms with Gasteiger partial charge in [0.25, 0.3) is 0 Å². The normalized spacial score (nSPS) is 11.2. The molecule has 0 fully saturated rings. The molecule has 21 heavy (non-hydrogen) atoms. The molecule has 0 aliphatic heterocycles. The lowest BCUT2D eigenvalue weighted by atomic mass is 10.0. The highest BCUT2D eigenvalue weighted by molar-refractivity contribution is 5.71. The van der Waals surface area contributed by atoms with Crippen molar-refractivity contribution in [1.82, 2.24) is 9.38 Å². The van der Waals surface area contributed by atoms with Crippen LogP contribution >= 0.6 is 0 Å². The molecule has 0 radical (unpaired) electrons. The van der Waals surface area contributed by atoms with Gasteiger partial charge in [-0.3, -0.25) is 0 Å². The number of benzene rings is 1. The molecular weight excluding hydrogens is 258 g/mol. The van der Waals surface area contributed by atoms with Gasteiger partial charge in [0.2, 0.25) is 0 Å².